The summed E-state index contributed by atoms with van der Waals surface area (Å²) in [6.07, 6.45) is 0. The van der Waals surface area contributed by atoms with Gasteiger partial charge < -0.3 is 5.32 Å². The second-order valence-electron chi connectivity index (χ2n) is 6.31. The summed E-state index contributed by atoms with van der Waals surface area (Å²) in [7, 11) is 0. The monoisotopic (exact) mass is 361 g/mol. The van der Waals surface area contributed by atoms with Crippen molar-refractivity contribution in [2.24, 2.45) is 0 Å². The third-order valence-corrected chi connectivity index (χ3v) is 5.77. The van der Waals surface area contributed by atoms with E-state index in [9.17, 15) is 4.79 Å². The van der Waals surface area contributed by atoms with E-state index in [1.54, 1.807) is 11.8 Å². The van der Waals surface area contributed by atoms with Gasteiger partial charge in [-0.2, -0.15) is 0 Å². The van der Waals surface area contributed by atoms with Gasteiger partial charge in [-0.05, 0) is 42.2 Å². The van der Waals surface area contributed by atoms with Crippen LogP contribution in [0.2, 0.25) is 0 Å². The summed E-state index contributed by atoms with van der Waals surface area (Å²) in [6, 6.07) is 26.7. The number of anilines is 1. The molecule has 0 spiro atoms. The van der Waals surface area contributed by atoms with Crippen molar-refractivity contribution in [2.75, 3.05) is 11.1 Å². The molecule has 0 aromatic heterocycles. The third kappa shape index (κ3) is 4.55. The molecule has 0 aliphatic rings. The minimum Gasteiger partial charge on any atom is -0.325 e. The molecule has 0 heterocycles. The molecule has 0 saturated carbocycles. The van der Waals surface area contributed by atoms with E-state index in [1.807, 2.05) is 55.5 Å². The van der Waals surface area contributed by atoms with Gasteiger partial charge in [0.1, 0.15) is 0 Å². The van der Waals surface area contributed by atoms with Crippen LogP contribution in [0, 0.1) is 13.8 Å². The Hall–Kier alpha value is -2.52. The number of amides is 1. The molecule has 0 radical (unpaired) electrons. The van der Waals surface area contributed by atoms with E-state index < -0.39 is 0 Å². The molecule has 132 valence electrons. The van der Waals surface area contributed by atoms with Crippen LogP contribution < -0.4 is 5.32 Å². The Balaban J connectivity index is 1.72. The maximum Gasteiger partial charge on any atom is 0.234 e. The smallest absolute Gasteiger partial charge is 0.234 e. The maximum atomic E-state index is 12.5. The molecule has 0 aliphatic heterocycles. The van der Waals surface area contributed by atoms with Gasteiger partial charge in [-0.15, -0.1) is 11.8 Å². The molecular formula is C23H23NOS. The average Bonchev–Trinajstić information content (AvgIpc) is 2.67. The van der Waals surface area contributed by atoms with Crippen molar-refractivity contribution in [3.05, 3.63) is 101 Å². The molecule has 2 nitrogen and oxygen atoms in total. The minimum atomic E-state index is 0.0283. The Bertz CT molecular complexity index is 822. The minimum absolute atomic E-state index is 0.0283. The normalized spacial score (nSPS) is 10.7. The number of rotatable bonds is 6. The van der Waals surface area contributed by atoms with Gasteiger partial charge in [0.25, 0.3) is 0 Å². The van der Waals surface area contributed by atoms with Gasteiger partial charge in [-0.3, -0.25) is 4.79 Å². The number of carbonyl (C=O) groups excluding carboxylic acids is 1. The Morgan fingerprint density at radius 2 is 1.42 bits per heavy atom. The SMILES string of the molecule is Cc1cccc(NC(=O)CSC(c2ccccc2)c2ccccc2)c1C. The molecule has 0 saturated heterocycles. The summed E-state index contributed by atoms with van der Waals surface area (Å²) >= 11 is 1.65. The summed E-state index contributed by atoms with van der Waals surface area (Å²) < 4.78 is 0. The highest BCUT2D eigenvalue weighted by atomic mass is 32.2. The Labute approximate surface area is 159 Å². The fourth-order valence-electron chi connectivity index (χ4n) is 2.87. The highest BCUT2D eigenvalue weighted by molar-refractivity contribution is 8.00. The van der Waals surface area contributed by atoms with Crippen LogP contribution in [0.5, 0.6) is 0 Å². The summed E-state index contributed by atoms with van der Waals surface area (Å²) in [6.45, 7) is 4.09. The van der Waals surface area contributed by atoms with E-state index in [0.29, 0.717) is 5.75 Å². The van der Waals surface area contributed by atoms with Crippen LogP contribution in [0.3, 0.4) is 0 Å². The zero-order chi connectivity index (χ0) is 18.4. The third-order valence-electron chi connectivity index (χ3n) is 4.46. The first-order valence-electron chi connectivity index (χ1n) is 8.72. The van der Waals surface area contributed by atoms with E-state index in [0.717, 1.165) is 11.3 Å². The molecule has 3 heteroatoms. The quantitative estimate of drug-likeness (QED) is 0.604. The molecule has 3 aromatic carbocycles. The van der Waals surface area contributed by atoms with Crippen LogP contribution in [0.25, 0.3) is 0 Å². The number of hydrogen-bond acceptors (Lipinski definition) is 2. The predicted octanol–water partition coefficient (Wildman–Crippen LogP) is 5.76. The maximum absolute atomic E-state index is 12.5. The fraction of sp³-hybridized carbons (Fsp3) is 0.174. The first-order chi connectivity index (χ1) is 12.6. The van der Waals surface area contributed by atoms with E-state index in [-0.39, 0.29) is 11.2 Å². The molecule has 3 aromatic rings. The summed E-state index contributed by atoms with van der Waals surface area (Å²) in [5.74, 6) is 0.433. The number of hydrogen-bond donors (Lipinski definition) is 1. The number of aryl methyl sites for hydroxylation is 1. The zero-order valence-corrected chi connectivity index (χ0v) is 15.9. The van der Waals surface area contributed by atoms with Crippen molar-refractivity contribution < 1.29 is 4.79 Å². The standard InChI is InChI=1S/C23H23NOS/c1-17-10-9-15-21(18(17)2)24-22(25)16-26-23(19-11-5-3-6-12-19)20-13-7-4-8-14-20/h3-15,23H,16H2,1-2H3,(H,24,25). The van der Waals surface area contributed by atoms with Gasteiger partial charge >= 0.3 is 0 Å². The van der Waals surface area contributed by atoms with Crippen LogP contribution in [0.4, 0.5) is 5.69 Å². The van der Waals surface area contributed by atoms with Gasteiger partial charge in [-0.1, -0.05) is 72.8 Å². The number of thioether (sulfide) groups is 1. The van der Waals surface area contributed by atoms with Crippen molar-refractivity contribution in [1.82, 2.24) is 0 Å². The lowest BCUT2D eigenvalue weighted by Gasteiger charge is -2.18. The van der Waals surface area contributed by atoms with Crippen molar-refractivity contribution in [1.29, 1.82) is 0 Å². The molecule has 0 fully saturated rings. The molecule has 26 heavy (non-hydrogen) atoms. The first kappa shape index (κ1) is 18.3. The van der Waals surface area contributed by atoms with Crippen LogP contribution >= 0.6 is 11.8 Å². The second kappa shape index (κ2) is 8.72. The summed E-state index contributed by atoms with van der Waals surface area (Å²) in [4.78, 5) is 12.5. The molecule has 0 bridgehead atoms. The summed E-state index contributed by atoms with van der Waals surface area (Å²) in [5.41, 5.74) is 5.62. The molecule has 0 unspecified atom stereocenters. The largest absolute Gasteiger partial charge is 0.325 e. The first-order valence-corrected chi connectivity index (χ1v) is 9.77. The van der Waals surface area contributed by atoms with Gasteiger partial charge in [-0.25, -0.2) is 0 Å². The highest BCUT2D eigenvalue weighted by Crippen LogP contribution is 2.35. The molecule has 1 N–H and O–H groups in total. The predicted molar refractivity (Wildman–Crippen MR) is 112 cm³/mol. The van der Waals surface area contributed by atoms with E-state index >= 15 is 0 Å². The van der Waals surface area contributed by atoms with E-state index in [2.05, 4.69) is 42.6 Å². The molecular weight excluding hydrogens is 338 g/mol. The lowest BCUT2D eigenvalue weighted by atomic mass is 10.0. The van der Waals surface area contributed by atoms with Crippen LogP contribution in [0.15, 0.2) is 78.9 Å². The lowest BCUT2D eigenvalue weighted by Crippen LogP contribution is -2.16. The van der Waals surface area contributed by atoms with Crippen molar-refractivity contribution in [2.45, 2.75) is 19.1 Å². The lowest BCUT2D eigenvalue weighted by molar-refractivity contribution is -0.113. The highest BCUT2D eigenvalue weighted by Gasteiger charge is 2.16. The fourth-order valence-corrected chi connectivity index (χ4v) is 3.96. The molecule has 1 amide bonds. The Morgan fingerprint density at radius 3 is 2.00 bits per heavy atom. The topological polar surface area (TPSA) is 29.1 Å². The Morgan fingerprint density at radius 1 is 0.846 bits per heavy atom. The molecule has 0 aliphatic carbocycles. The van der Waals surface area contributed by atoms with Gasteiger partial charge in [0.05, 0.1) is 11.0 Å². The van der Waals surface area contributed by atoms with Crippen molar-refractivity contribution in [3.63, 3.8) is 0 Å². The van der Waals surface area contributed by atoms with Crippen LogP contribution in [0.1, 0.15) is 27.5 Å². The number of benzene rings is 3. The van der Waals surface area contributed by atoms with Gasteiger partial charge in [0.2, 0.25) is 5.91 Å². The van der Waals surface area contributed by atoms with Gasteiger partial charge in [0.15, 0.2) is 0 Å². The zero-order valence-electron chi connectivity index (χ0n) is 15.1. The van der Waals surface area contributed by atoms with E-state index in [4.69, 9.17) is 0 Å². The van der Waals surface area contributed by atoms with Crippen molar-refractivity contribution >= 4 is 23.4 Å². The number of carbonyl (C=O) groups is 1. The second-order valence-corrected chi connectivity index (χ2v) is 7.40. The van der Waals surface area contributed by atoms with E-state index in [1.165, 1.54) is 16.7 Å². The molecule has 3 rings (SSSR count). The van der Waals surface area contributed by atoms with Crippen molar-refractivity contribution in [3.8, 4) is 0 Å². The Kier molecular flexibility index (Phi) is 6.13. The average molecular weight is 362 g/mol. The van der Waals surface area contributed by atoms with Crippen LogP contribution in [-0.2, 0) is 4.79 Å². The molecule has 0 atom stereocenters. The number of nitrogens with one attached hydrogen (secondary N) is 1. The summed E-state index contributed by atoms with van der Waals surface area (Å²) in [5, 5.41) is 3.19. The van der Waals surface area contributed by atoms with Gasteiger partial charge in [0, 0.05) is 5.69 Å². The van der Waals surface area contributed by atoms with Crippen LogP contribution in [-0.4, -0.2) is 11.7 Å².